The van der Waals surface area contributed by atoms with Crippen molar-refractivity contribution in [3.63, 3.8) is 0 Å². The molecule has 0 aromatic rings. The molecule has 0 unspecified atom stereocenters. The van der Waals surface area contributed by atoms with Gasteiger partial charge in [0.2, 0.25) is 5.91 Å². The predicted molar refractivity (Wildman–Crippen MR) is 122 cm³/mol. The van der Waals surface area contributed by atoms with Gasteiger partial charge in [0.05, 0.1) is 0 Å². The molecule has 0 fully saturated rings. The fraction of sp³-hybridized carbons (Fsp3) is 0.870. The van der Waals surface area contributed by atoms with Crippen LogP contribution in [0.15, 0.2) is 0 Å². The van der Waals surface area contributed by atoms with E-state index in [4.69, 9.17) is 10.2 Å². The van der Waals surface area contributed by atoms with Gasteiger partial charge in [-0.1, -0.05) is 96.8 Å². The molecule has 1 atom stereocenters. The van der Waals surface area contributed by atoms with Crippen LogP contribution in [0.1, 0.15) is 122 Å². The average molecular weight is 437 g/mol. The summed E-state index contributed by atoms with van der Waals surface area (Å²) in [6.07, 6.45) is 18.8. The normalized spacial score (nSPS) is 11.5. The number of unbranched alkanes of at least 4 members (excludes halogenated alkanes) is 14. The molecule has 0 aliphatic carbocycles. The Kier molecular flexibility index (Phi) is 24.3. The molecule has 1 radical (unpaired) electrons. The largest absolute Gasteiger partial charge is 0.481 e. The quantitative estimate of drug-likeness (QED) is 0.167. The summed E-state index contributed by atoms with van der Waals surface area (Å²) in [6.45, 7) is 2.25. The van der Waals surface area contributed by atoms with Crippen LogP contribution in [0.4, 0.5) is 0 Å². The second-order valence-electron chi connectivity index (χ2n) is 8.09. The number of carbonyl (C=O) groups is 3. The Morgan fingerprint density at radius 2 is 1.07 bits per heavy atom. The van der Waals surface area contributed by atoms with E-state index < -0.39 is 18.0 Å². The number of carbonyl (C=O) groups excluding carboxylic acids is 1. The Labute approximate surface area is 205 Å². The summed E-state index contributed by atoms with van der Waals surface area (Å²) < 4.78 is 0. The third kappa shape index (κ3) is 22.1. The molecular weight excluding hydrogens is 393 g/mol. The maximum absolute atomic E-state index is 11.8. The van der Waals surface area contributed by atoms with Gasteiger partial charge in [0, 0.05) is 42.4 Å². The molecule has 0 aliphatic rings. The Balaban J connectivity index is 0. The molecule has 0 aromatic carbocycles. The zero-order chi connectivity index (χ0) is 21.7. The van der Waals surface area contributed by atoms with Gasteiger partial charge in [-0.2, -0.15) is 0 Å². The number of rotatable bonds is 21. The van der Waals surface area contributed by atoms with Crippen LogP contribution in [-0.2, 0) is 14.4 Å². The molecular formula is C23H43NNaO5. The molecule has 30 heavy (non-hydrogen) atoms. The molecule has 6 nitrogen and oxygen atoms in total. The molecule has 0 bridgehead atoms. The molecule has 0 saturated heterocycles. The summed E-state index contributed by atoms with van der Waals surface area (Å²) in [5.41, 5.74) is 0. The van der Waals surface area contributed by atoms with Crippen LogP contribution >= 0.6 is 0 Å². The summed E-state index contributed by atoms with van der Waals surface area (Å²) >= 11 is 0. The maximum Gasteiger partial charge on any atom is 0.326 e. The molecule has 7 heteroatoms. The van der Waals surface area contributed by atoms with Gasteiger partial charge in [-0.05, 0) is 12.8 Å². The van der Waals surface area contributed by atoms with Crippen molar-refractivity contribution < 1.29 is 24.6 Å². The molecule has 0 aromatic heterocycles. The van der Waals surface area contributed by atoms with Gasteiger partial charge in [-0.3, -0.25) is 9.59 Å². The molecule has 3 N–H and O–H groups in total. The molecule has 1 amide bonds. The van der Waals surface area contributed by atoms with Crippen molar-refractivity contribution in [2.75, 3.05) is 0 Å². The van der Waals surface area contributed by atoms with Crippen LogP contribution in [0.25, 0.3) is 0 Å². The van der Waals surface area contributed by atoms with Crippen molar-refractivity contribution in [3.05, 3.63) is 0 Å². The SMILES string of the molecule is CCCCCCCCCCCCCCCCCC(=O)N[C@@H](CCC(=O)O)C(=O)O.[Na]. The third-order valence-electron chi connectivity index (χ3n) is 5.29. The first kappa shape index (κ1) is 31.6. The minimum Gasteiger partial charge on any atom is -0.481 e. The zero-order valence-corrected chi connectivity index (χ0v) is 21.4. The van der Waals surface area contributed by atoms with Crippen molar-refractivity contribution in [1.82, 2.24) is 5.32 Å². The second kappa shape index (κ2) is 23.1. The fourth-order valence-electron chi connectivity index (χ4n) is 3.45. The molecule has 0 spiro atoms. The van der Waals surface area contributed by atoms with Crippen LogP contribution < -0.4 is 5.32 Å². The van der Waals surface area contributed by atoms with Crippen LogP contribution in [0.3, 0.4) is 0 Å². The second-order valence-corrected chi connectivity index (χ2v) is 8.09. The summed E-state index contributed by atoms with van der Waals surface area (Å²) in [5.74, 6) is -2.55. The van der Waals surface area contributed by atoms with E-state index in [1.165, 1.54) is 77.0 Å². The van der Waals surface area contributed by atoms with E-state index in [1.54, 1.807) is 0 Å². The van der Waals surface area contributed by atoms with Gasteiger partial charge in [-0.15, -0.1) is 0 Å². The zero-order valence-electron chi connectivity index (χ0n) is 19.4. The summed E-state index contributed by atoms with van der Waals surface area (Å²) in [5, 5.41) is 20.1. The summed E-state index contributed by atoms with van der Waals surface area (Å²) in [4.78, 5) is 33.4. The molecule has 0 heterocycles. The van der Waals surface area contributed by atoms with E-state index in [-0.39, 0.29) is 48.3 Å². The minimum atomic E-state index is -1.18. The first-order valence-electron chi connectivity index (χ1n) is 11.7. The van der Waals surface area contributed by atoms with Crippen LogP contribution in [0.2, 0.25) is 0 Å². The first-order valence-corrected chi connectivity index (χ1v) is 11.7. The van der Waals surface area contributed by atoms with Gasteiger partial charge < -0.3 is 15.5 Å². The Morgan fingerprint density at radius 1 is 0.667 bits per heavy atom. The summed E-state index contributed by atoms with van der Waals surface area (Å²) in [7, 11) is 0. The van der Waals surface area contributed by atoms with Crippen LogP contribution in [-0.4, -0.2) is 63.7 Å². The third-order valence-corrected chi connectivity index (χ3v) is 5.29. The number of hydrogen-bond donors (Lipinski definition) is 3. The molecule has 171 valence electrons. The van der Waals surface area contributed by atoms with Crippen molar-refractivity contribution in [2.24, 2.45) is 0 Å². The number of aliphatic carboxylic acids is 2. The topological polar surface area (TPSA) is 104 Å². The van der Waals surface area contributed by atoms with Crippen LogP contribution in [0.5, 0.6) is 0 Å². The van der Waals surface area contributed by atoms with Crippen molar-refractivity contribution in [1.29, 1.82) is 0 Å². The van der Waals surface area contributed by atoms with Crippen molar-refractivity contribution in [3.8, 4) is 0 Å². The van der Waals surface area contributed by atoms with Crippen molar-refractivity contribution in [2.45, 2.75) is 129 Å². The maximum atomic E-state index is 11.8. The number of nitrogens with one attached hydrogen (secondary N) is 1. The monoisotopic (exact) mass is 436 g/mol. The van der Waals surface area contributed by atoms with Gasteiger partial charge in [0.25, 0.3) is 0 Å². The summed E-state index contributed by atoms with van der Waals surface area (Å²) in [6, 6.07) is -1.12. The Morgan fingerprint density at radius 3 is 1.43 bits per heavy atom. The van der Waals surface area contributed by atoms with Crippen LogP contribution in [0, 0.1) is 0 Å². The molecule has 0 aliphatic heterocycles. The fourth-order valence-corrected chi connectivity index (χ4v) is 3.45. The van der Waals surface area contributed by atoms with E-state index in [0.717, 1.165) is 19.3 Å². The predicted octanol–water partition coefficient (Wildman–Crippen LogP) is 5.30. The standard InChI is InChI=1S/C23H43NO5.Na/c1-2-3-4-5-6-7-8-9-10-11-12-13-14-15-16-17-21(25)24-20(23(28)29)18-19-22(26)27;/h20H,2-19H2,1H3,(H,24,25)(H,26,27)(H,28,29);/t20-;/m0./s1. The number of hydrogen-bond acceptors (Lipinski definition) is 3. The van der Waals surface area contributed by atoms with E-state index in [1.807, 2.05) is 0 Å². The Bertz CT molecular complexity index is 445. The number of carboxylic acids is 2. The number of amides is 1. The smallest absolute Gasteiger partial charge is 0.326 e. The average Bonchev–Trinajstić information content (AvgIpc) is 2.67. The molecule has 0 saturated carbocycles. The first-order chi connectivity index (χ1) is 14.0. The van der Waals surface area contributed by atoms with Gasteiger partial charge in [0.15, 0.2) is 0 Å². The van der Waals surface area contributed by atoms with Gasteiger partial charge >= 0.3 is 11.9 Å². The van der Waals surface area contributed by atoms with E-state index in [2.05, 4.69) is 12.2 Å². The van der Waals surface area contributed by atoms with E-state index in [9.17, 15) is 14.4 Å². The number of carboxylic acid groups (broad SMARTS) is 2. The van der Waals surface area contributed by atoms with E-state index in [0.29, 0.717) is 6.42 Å². The van der Waals surface area contributed by atoms with Crippen molar-refractivity contribution >= 4 is 47.4 Å². The Hall–Kier alpha value is -0.590. The van der Waals surface area contributed by atoms with E-state index >= 15 is 0 Å². The minimum absolute atomic E-state index is 0. The van der Waals surface area contributed by atoms with Gasteiger partial charge in [-0.25, -0.2) is 4.79 Å². The van der Waals surface area contributed by atoms with Gasteiger partial charge in [0.1, 0.15) is 6.04 Å². The molecule has 0 rings (SSSR count).